The summed E-state index contributed by atoms with van der Waals surface area (Å²) in [6.45, 7) is 1.99. The van der Waals surface area contributed by atoms with E-state index >= 15 is 0 Å². The number of ketones is 1. The Hall–Kier alpha value is -1.56. The minimum absolute atomic E-state index is 0.312. The van der Waals surface area contributed by atoms with Crippen molar-refractivity contribution >= 4 is 27.0 Å². The fourth-order valence-corrected chi connectivity index (χ4v) is 3.49. The number of benzene rings is 1. The number of unbranched alkanes of at least 4 members (excludes halogenated alkanes) is 1. The highest BCUT2D eigenvalue weighted by molar-refractivity contribution is 7.92. The molecule has 6 heteroatoms. The van der Waals surface area contributed by atoms with Crippen LogP contribution < -0.4 is 9.80 Å². The summed E-state index contributed by atoms with van der Waals surface area (Å²) in [5.41, 5.74) is 2.20. The van der Waals surface area contributed by atoms with Gasteiger partial charge < -0.3 is 9.80 Å². The molecule has 130 valence electrons. The molecule has 0 aliphatic carbocycles. The lowest BCUT2D eigenvalue weighted by Crippen LogP contribution is -2.30. The van der Waals surface area contributed by atoms with Crippen LogP contribution in [-0.2, 0) is 9.84 Å². The van der Waals surface area contributed by atoms with Crippen molar-refractivity contribution < 1.29 is 13.2 Å². The van der Waals surface area contributed by atoms with Gasteiger partial charge in [-0.15, -0.1) is 0 Å². The summed E-state index contributed by atoms with van der Waals surface area (Å²) in [6.07, 6.45) is 3.10. The molecule has 0 saturated heterocycles. The third-order valence-corrected chi connectivity index (χ3v) is 5.33. The first-order chi connectivity index (χ1) is 10.6. The highest BCUT2D eigenvalue weighted by Gasteiger charge is 2.29. The molecule has 0 aromatic heterocycles. The summed E-state index contributed by atoms with van der Waals surface area (Å²) < 4.78 is 24.1. The zero-order chi connectivity index (χ0) is 17.8. The fraction of sp³-hybridized carbons (Fsp3) is 0.588. The quantitative estimate of drug-likeness (QED) is 0.681. The summed E-state index contributed by atoms with van der Waals surface area (Å²) in [4.78, 5) is 16.6. The molecule has 0 spiro atoms. The average Bonchev–Trinajstić information content (AvgIpc) is 2.45. The number of anilines is 2. The highest BCUT2D eigenvalue weighted by atomic mass is 32.2. The van der Waals surface area contributed by atoms with Gasteiger partial charge in [-0.1, -0.05) is 19.8 Å². The molecule has 1 aromatic rings. The fourth-order valence-electron chi connectivity index (χ4n) is 2.37. The maximum atomic E-state index is 12.8. The smallest absolute Gasteiger partial charge is 0.181 e. The molecule has 0 aliphatic heterocycles. The van der Waals surface area contributed by atoms with Crippen LogP contribution in [0, 0.1) is 0 Å². The highest BCUT2D eigenvalue weighted by Crippen LogP contribution is 2.26. The van der Waals surface area contributed by atoms with Gasteiger partial charge in [0.1, 0.15) is 5.25 Å². The van der Waals surface area contributed by atoms with Crippen LogP contribution in [-0.4, -0.2) is 53.9 Å². The Balaban J connectivity index is 3.33. The molecule has 1 atom stereocenters. The van der Waals surface area contributed by atoms with E-state index in [9.17, 15) is 13.2 Å². The second-order valence-corrected chi connectivity index (χ2v) is 8.58. The van der Waals surface area contributed by atoms with Crippen LogP contribution >= 0.6 is 0 Å². The Kier molecular flexibility index (Phi) is 6.62. The van der Waals surface area contributed by atoms with Gasteiger partial charge in [-0.25, -0.2) is 8.42 Å². The molecule has 0 N–H and O–H groups in total. The van der Waals surface area contributed by atoms with Crippen molar-refractivity contribution in [1.29, 1.82) is 0 Å². The van der Waals surface area contributed by atoms with Crippen molar-refractivity contribution in [1.82, 2.24) is 0 Å². The molecule has 1 rings (SSSR count). The molecule has 5 nitrogen and oxygen atoms in total. The van der Waals surface area contributed by atoms with Crippen LogP contribution in [0.15, 0.2) is 18.2 Å². The maximum absolute atomic E-state index is 12.8. The summed E-state index contributed by atoms with van der Waals surface area (Å²) >= 11 is 0. The first-order valence-corrected chi connectivity index (χ1v) is 9.76. The minimum Gasteiger partial charge on any atom is -0.378 e. The summed E-state index contributed by atoms with van der Waals surface area (Å²) in [7, 11) is 4.16. The van der Waals surface area contributed by atoms with Gasteiger partial charge in [0.05, 0.1) is 0 Å². The summed E-state index contributed by atoms with van der Waals surface area (Å²) in [6, 6.07) is 5.50. The molecule has 0 radical (unpaired) electrons. The second-order valence-electron chi connectivity index (χ2n) is 6.35. The third kappa shape index (κ3) is 5.23. The molecular formula is C17H28N2O3S. The maximum Gasteiger partial charge on any atom is 0.181 e. The van der Waals surface area contributed by atoms with Gasteiger partial charge in [0.25, 0.3) is 0 Å². The van der Waals surface area contributed by atoms with Crippen LogP contribution in [0.1, 0.15) is 36.5 Å². The molecule has 0 bridgehead atoms. The molecule has 1 unspecified atom stereocenters. The predicted molar refractivity (Wildman–Crippen MR) is 97.6 cm³/mol. The second kappa shape index (κ2) is 7.81. The van der Waals surface area contributed by atoms with E-state index in [2.05, 4.69) is 0 Å². The Morgan fingerprint density at radius 1 is 1.04 bits per heavy atom. The van der Waals surface area contributed by atoms with Crippen molar-refractivity contribution in [2.45, 2.75) is 31.4 Å². The molecule has 23 heavy (non-hydrogen) atoms. The topological polar surface area (TPSA) is 57.7 Å². The Bertz CT molecular complexity index is 626. The lowest BCUT2D eigenvalue weighted by molar-refractivity contribution is 0.0983. The van der Waals surface area contributed by atoms with E-state index in [0.717, 1.165) is 30.5 Å². The van der Waals surface area contributed by atoms with E-state index in [1.807, 2.05) is 51.0 Å². The number of Topliss-reactive ketones (excluding diaryl/α,β-unsaturated/α-hetero) is 1. The van der Waals surface area contributed by atoms with Gasteiger partial charge in [-0.2, -0.15) is 0 Å². The number of rotatable bonds is 8. The summed E-state index contributed by atoms with van der Waals surface area (Å²) in [5, 5.41) is -0.963. The number of carbonyl (C=O) groups is 1. The molecule has 0 aliphatic rings. The van der Waals surface area contributed by atoms with Crippen LogP contribution in [0.4, 0.5) is 11.4 Å². The number of nitrogens with zero attached hydrogens (tertiary/aromatic N) is 2. The minimum atomic E-state index is -3.43. The molecule has 0 fully saturated rings. The first kappa shape index (κ1) is 19.5. The third-order valence-electron chi connectivity index (χ3n) is 3.85. The first-order valence-electron chi connectivity index (χ1n) is 7.80. The summed E-state index contributed by atoms with van der Waals surface area (Å²) in [5.74, 6) is -0.312. The van der Waals surface area contributed by atoms with E-state index in [4.69, 9.17) is 0 Å². The zero-order valence-electron chi connectivity index (χ0n) is 15.0. The molecule has 0 saturated carbocycles. The predicted octanol–water partition coefficient (Wildman–Crippen LogP) is 2.60. The van der Waals surface area contributed by atoms with Gasteiger partial charge in [0.15, 0.2) is 15.6 Å². The Morgan fingerprint density at radius 3 is 1.87 bits per heavy atom. The lowest BCUT2D eigenvalue weighted by Gasteiger charge is -2.21. The standard InChI is InChI=1S/C17H28N2O3S/c1-7-8-9-16(23(6,21)22)17(20)13-10-14(18(2)3)12-15(11-13)19(4)5/h10-12,16H,7-9H2,1-6H3. The van der Waals surface area contributed by atoms with E-state index < -0.39 is 15.1 Å². The van der Waals surface area contributed by atoms with Gasteiger partial charge in [-0.3, -0.25) is 4.79 Å². The largest absolute Gasteiger partial charge is 0.378 e. The van der Waals surface area contributed by atoms with Crippen molar-refractivity contribution in [2.24, 2.45) is 0 Å². The van der Waals surface area contributed by atoms with Crippen molar-refractivity contribution in [3.8, 4) is 0 Å². The van der Waals surface area contributed by atoms with Crippen LogP contribution in [0.5, 0.6) is 0 Å². The van der Waals surface area contributed by atoms with Crippen LogP contribution in [0.3, 0.4) is 0 Å². The number of sulfone groups is 1. The van der Waals surface area contributed by atoms with Crippen molar-refractivity contribution in [3.63, 3.8) is 0 Å². The monoisotopic (exact) mass is 340 g/mol. The van der Waals surface area contributed by atoms with Gasteiger partial charge in [0.2, 0.25) is 0 Å². The van der Waals surface area contributed by atoms with Crippen molar-refractivity contribution in [3.05, 3.63) is 23.8 Å². The van der Waals surface area contributed by atoms with E-state index in [0.29, 0.717) is 12.0 Å². The number of hydrogen-bond donors (Lipinski definition) is 0. The van der Waals surface area contributed by atoms with Gasteiger partial charge >= 0.3 is 0 Å². The molecule has 0 amide bonds. The van der Waals surface area contributed by atoms with Crippen LogP contribution in [0.2, 0.25) is 0 Å². The Labute approximate surface area is 140 Å². The Morgan fingerprint density at radius 2 is 1.52 bits per heavy atom. The average molecular weight is 340 g/mol. The number of hydrogen-bond acceptors (Lipinski definition) is 5. The molecule has 1 aromatic carbocycles. The van der Waals surface area contributed by atoms with Gasteiger partial charge in [-0.05, 0) is 24.6 Å². The van der Waals surface area contributed by atoms with E-state index in [-0.39, 0.29) is 5.78 Å². The van der Waals surface area contributed by atoms with Crippen molar-refractivity contribution in [2.75, 3.05) is 44.2 Å². The molecular weight excluding hydrogens is 312 g/mol. The zero-order valence-corrected chi connectivity index (χ0v) is 15.8. The lowest BCUT2D eigenvalue weighted by atomic mass is 10.0. The van der Waals surface area contributed by atoms with Crippen LogP contribution in [0.25, 0.3) is 0 Å². The van der Waals surface area contributed by atoms with Gasteiger partial charge in [0, 0.05) is 51.4 Å². The SMILES string of the molecule is CCCCC(C(=O)c1cc(N(C)C)cc(N(C)C)c1)S(C)(=O)=O. The number of carbonyl (C=O) groups excluding carboxylic acids is 1. The van der Waals surface area contributed by atoms with E-state index in [1.165, 1.54) is 0 Å². The van der Waals surface area contributed by atoms with E-state index in [1.54, 1.807) is 12.1 Å². The molecule has 0 heterocycles. The normalized spacial score (nSPS) is 12.8.